The number of fused-ring (bicyclic) bond motifs is 1. The van der Waals surface area contributed by atoms with E-state index in [1.165, 1.54) is 26.4 Å². The third kappa shape index (κ3) is 2.85. The predicted octanol–water partition coefficient (Wildman–Crippen LogP) is 2.24. The van der Waals surface area contributed by atoms with E-state index in [0.717, 1.165) is 23.7 Å². The lowest BCUT2D eigenvalue weighted by Gasteiger charge is -2.40. The van der Waals surface area contributed by atoms with Crippen LogP contribution in [-0.4, -0.2) is 50.6 Å². The lowest BCUT2D eigenvalue weighted by molar-refractivity contribution is 0.328. The summed E-state index contributed by atoms with van der Waals surface area (Å²) in [5.74, 6) is 0.384. The van der Waals surface area contributed by atoms with E-state index in [-0.39, 0.29) is 0 Å². The largest absolute Gasteiger partial charge is 0.347 e. The van der Waals surface area contributed by atoms with Crippen LogP contribution in [0.2, 0.25) is 0 Å². The smallest absolute Gasteiger partial charge is 0.210 e. The number of aromatic nitrogens is 1. The van der Waals surface area contributed by atoms with E-state index in [2.05, 4.69) is 30.9 Å². The minimum Gasteiger partial charge on any atom is -0.347 e. The van der Waals surface area contributed by atoms with Crippen LogP contribution in [0.15, 0.2) is 12.1 Å². The fourth-order valence-electron chi connectivity index (χ4n) is 2.69. The molecular formula is C15H21N3O2S2. The van der Waals surface area contributed by atoms with Gasteiger partial charge >= 0.3 is 0 Å². The molecule has 22 heavy (non-hydrogen) atoms. The molecule has 0 saturated carbocycles. The number of sulfonamides is 1. The van der Waals surface area contributed by atoms with Crippen LogP contribution in [0.1, 0.15) is 11.1 Å². The number of thiazole rings is 1. The Bertz CT molecular complexity index is 808. The molecule has 7 heteroatoms. The molecule has 1 aliphatic rings. The van der Waals surface area contributed by atoms with Gasteiger partial charge in [-0.3, -0.25) is 0 Å². The first-order chi connectivity index (χ1) is 10.3. The monoisotopic (exact) mass is 339 g/mol. The van der Waals surface area contributed by atoms with Crippen molar-refractivity contribution >= 4 is 36.7 Å². The van der Waals surface area contributed by atoms with Gasteiger partial charge in [0.1, 0.15) is 0 Å². The summed E-state index contributed by atoms with van der Waals surface area (Å²) in [7, 11) is -1.44. The Morgan fingerprint density at radius 2 is 2.05 bits per heavy atom. The van der Waals surface area contributed by atoms with Crippen molar-refractivity contribution in [2.45, 2.75) is 13.8 Å². The van der Waals surface area contributed by atoms with Crippen LogP contribution >= 0.6 is 11.3 Å². The van der Waals surface area contributed by atoms with Crippen LogP contribution in [0.5, 0.6) is 0 Å². The van der Waals surface area contributed by atoms with Crippen molar-refractivity contribution in [2.75, 3.05) is 37.8 Å². The molecule has 1 fully saturated rings. The molecule has 0 N–H and O–H groups in total. The highest BCUT2D eigenvalue weighted by Crippen LogP contribution is 2.35. The Balaban J connectivity index is 1.70. The van der Waals surface area contributed by atoms with Crippen LogP contribution in [0, 0.1) is 19.8 Å². The average Bonchev–Trinajstić information content (AvgIpc) is 2.80. The molecule has 3 rings (SSSR count). The second-order valence-corrected chi connectivity index (χ2v) is 9.26. The fraction of sp³-hybridized carbons (Fsp3) is 0.533. The van der Waals surface area contributed by atoms with Crippen LogP contribution in [0.3, 0.4) is 0 Å². The van der Waals surface area contributed by atoms with Crippen LogP contribution in [0.25, 0.3) is 10.2 Å². The molecule has 0 amide bonds. The number of benzene rings is 1. The molecule has 0 radical (unpaired) electrons. The average molecular weight is 339 g/mol. The summed E-state index contributed by atoms with van der Waals surface area (Å²) in [6.07, 6.45) is 1.25. The Kier molecular flexibility index (Phi) is 3.91. The van der Waals surface area contributed by atoms with Gasteiger partial charge in [0, 0.05) is 32.6 Å². The van der Waals surface area contributed by atoms with Gasteiger partial charge in [-0.05, 0) is 31.0 Å². The molecular weight excluding hydrogens is 318 g/mol. The summed E-state index contributed by atoms with van der Waals surface area (Å²) < 4.78 is 25.5. The molecule has 0 bridgehead atoms. The van der Waals surface area contributed by atoms with Crippen molar-refractivity contribution in [3.05, 3.63) is 23.3 Å². The number of rotatable bonds is 4. The van der Waals surface area contributed by atoms with Gasteiger partial charge in [0.2, 0.25) is 10.0 Å². The summed E-state index contributed by atoms with van der Waals surface area (Å²) in [5.41, 5.74) is 3.60. The predicted molar refractivity (Wildman–Crippen MR) is 92.3 cm³/mol. The first-order valence-electron chi connectivity index (χ1n) is 7.28. The Labute approximate surface area is 135 Å². The van der Waals surface area contributed by atoms with Crippen LogP contribution in [-0.2, 0) is 10.0 Å². The third-order valence-electron chi connectivity index (χ3n) is 4.38. The maximum absolute atomic E-state index is 11.4. The van der Waals surface area contributed by atoms with Gasteiger partial charge in [0.15, 0.2) is 5.13 Å². The number of anilines is 1. The lowest BCUT2D eigenvalue weighted by atomic mass is 10.0. The fourth-order valence-corrected chi connectivity index (χ4v) is 4.21. The van der Waals surface area contributed by atoms with Crippen molar-refractivity contribution in [1.29, 1.82) is 0 Å². The van der Waals surface area contributed by atoms with Gasteiger partial charge < -0.3 is 4.90 Å². The number of nitrogens with zero attached hydrogens (tertiary/aromatic N) is 3. The highest BCUT2D eigenvalue weighted by Gasteiger charge is 2.31. The van der Waals surface area contributed by atoms with E-state index in [1.54, 1.807) is 18.4 Å². The van der Waals surface area contributed by atoms with Gasteiger partial charge in [-0.15, -0.1) is 0 Å². The Morgan fingerprint density at radius 3 is 2.68 bits per heavy atom. The van der Waals surface area contributed by atoms with Crippen molar-refractivity contribution in [1.82, 2.24) is 9.29 Å². The molecule has 0 atom stereocenters. The van der Waals surface area contributed by atoms with Crippen LogP contribution < -0.4 is 4.90 Å². The Hall–Kier alpha value is -1.18. The summed E-state index contributed by atoms with van der Waals surface area (Å²) in [5, 5.41) is 1.04. The first-order valence-corrected chi connectivity index (χ1v) is 9.95. The molecule has 1 aromatic heterocycles. The summed E-state index contributed by atoms with van der Waals surface area (Å²) >= 11 is 1.71. The molecule has 1 saturated heterocycles. The maximum atomic E-state index is 11.4. The zero-order chi connectivity index (χ0) is 16.1. The molecule has 1 aliphatic heterocycles. The maximum Gasteiger partial charge on any atom is 0.210 e. The van der Waals surface area contributed by atoms with Gasteiger partial charge in [0.25, 0.3) is 0 Å². The van der Waals surface area contributed by atoms with E-state index in [1.807, 2.05) is 0 Å². The number of hydrogen-bond donors (Lipinski definition) is 0. The molecule has 0 unspecified atom stereocenters. The first kappa shape index (κ1) is 15.7. The minimum absolute atomic E-state index is 0.384. The zero-order valence-corrected chi connectivity index (χ0v) is 15.0. The molecule has 0 aliphatic carbocycles. The quantitative estimate of drug-likeness (QED) is 0.857. The topological polar surface area (TPSA) is 53.5 Å². The molecule has 120 valence electrons. The standard InChI is InChI=1S/C15H21N3O2S2/c1-10-5-6-13-14(11(10)2)16-15(21-13)18-8-12(9-18)7-17(3)22(4,19)20/h5-6,12H,7-9H2,1-4H3. The van der Waals surface area contributed by atoms with Crippen molar-refractivity contribution in [2.24, 2.45) is 5.92 Å². The summed E-state index contributed by atoms with van der Waals surface area (Å²) in [4.78, 5) is 7.01. The van der Waals surface area contributed by atoms with Gasteiger partial charge in [0.05, 0.1) is 16.5 Å². The van der Waals surface area contributed by atoms with Crippen LogP contribution in [0.4, 0.5) is 5.13 Å². The lowest BCUT2D eigenvalue weighted by Crippen LogP contribution is -2.51. The molecule has 1 aromatic carbocycles. The Morgan fingerprint density at radius 1 is 1.36 bits per heavy atom. The molecule has 5 nitrogen and oxygen atoms in total. The van der Waals surface area contributed by atoms with E-state index in [4.69, 9.17) is 4.98 Å². The highest BCUT2D eigenvalue weighted by molar-refractivity contribution is 7.88. The van der Waals surface area contributed by atoms with Gasteiger partial charge in [-0.25, -0.2) is 17.7 Å². The number of aryl methyl sites for hydroxylation is 2. The summed E-state index contributed by atoms with van der Waals surface area (Å²) in [6.45, 7) is 6.55. The van der Waals surface area contributed by atoms with Crippen molar-refractivity contribution in [3.8, 4) is 0 Å². The third-order valence-corrected chi connectivity index (χ3v) is 6.75. The number of hydrogen-bond acceptors (Lipinski definition) is 5. The van der Waals surface area contributed by atoms with Crippen molar-refractivity contribution in [3.63, 3.8) is 0 Å². The van der Waals surface area contributed by atoms with Gasteiger partial charge in [-0.1, -0.05) is 17.4 Å². The van der Waals surface area contributed by atoms with E-state index >= 15 is 0 Å². The zero-order valence-electron chi connectivity index (χ0n) is 13.3. The normalized spacial score (nSPS) is 16.5. The van der Waals surface area contributed by atoms with E-state index < -0.39 is 10.0 Å². The minimum atomic E-state index is -3.09. The van der Waals surface area contributed by atoms with Crippen molar-refractivity contribution < 1.29 is 8.42 Å². The second-order valence-electron chi connectivity index (χ2n) is 6.17. The summed E-state index contributed by atoms with van der Waals surface area (Å²) in [6, 6.07) is 4.27. The van der Waals surface area contributed by atoms with E-state index in [9.17, 15) is 8.42 Å². The highest BCUT2D eigenvalue weighted by atomic mass is 32.2. The molecule has 0 spiro atoms. The SMILES string of the molecule is Cc1ccc2sc(N3CC(CN(C)S(C)(=O)=O)C3)nc2c1C. The molecule has 2 heterocycles. The second kappa shape index (κ2) is 5.47. The van der Waals surface area contributed by atoms with Gasteiger partial charge in [-0.2, -0.15) is 0 Å². The molecule has 2 aromatic rings. The van der Waals surface area contributed by atoms with E-state index in [0.29, 0.717) is 12.5 Å².